The van der Waals surface area contributed by atoms with Gasteiger partial charge in [-0.2, -0.15) is 14.4 Å². The molecule has 0 radical (unpaired) electrons. The van der Waals surface area contributed by atoms with Crippen LogP contribution in [0.2, 0.25) is 0 Å². The quantitative estimate of drug-likeness (QED) is 0.655. The van der Waals surface area contributed by atoms with Gasteiger partial charge in [0.2, 0.25) is 10.0 Å². The molecule has 146 valence electrons. The van der Waals surface area contributed by atoms with E-state index in [-0.39, 0.29) is 13.1 Å². The van der Waals surface area contributed by atoms with Crippen LogP contribution in [-0.4, -0.2) is 32.6 Å². The Kier molecular flexibility index (Phi) is 3.92. The van der Waals surface area contributed by atoms with Gasteiger partial charge in [0.25, 0.3) is 5.89 Å². The molecule has 5 rings (SSSR count). The molecule has 3 heterocycles. The number of aryl methyl sites for hydroxylation is 2. The Bertz CT molecular complexity index is 1160. The normalized spacial score (nSPS) is 17.2. The van der Waals surface area contributed by atoms with E-state index >= 15 is 0 Å². The minimum atomic E-state index is -3.61. The van der Waals surface area contributed by atoms with Crippen LogP contribution in [-0.2, 0) is 36.6 Å². The minimum absolute atomic E-state index is 0.250. The molecule has 9 heteroatoms. The van der Waals surface area contributed by atoms with E-state index < -0.39 is 10.0 Å². The van der Waals surface area contributed by atoms with Gasteiger partial charge in [-0.05, 0) is 30.9 Å². The van der Waals surface area contributed by atoms with Gasteiger partial charge in [0.1, 0.15) is 0 Å². The zero-order chi connectivity index (χ0) is 19.5. The second kappa shape index (κ2) is 6.25. The summed E-state index contributed by atoms with van der Waals surface area (Å²) in [6.07, 6.45) is 2.83. The highest BCUT2D eigenvalue weighted by Gasteiger charge is 2.37. The van der Waals surface area contributed by atoms with E-state index in [0.29, 0.717) is 34.6 Å². The molecule has 0 N–H and O–H groups in total. The molecule has 1 saturated carbocycles. The molecule has 0 amide bonds. The first-order chi connectivity index (χ1) is 13.5. The van der Waals surface area contributed by atoms with Gasteiger partial charge in [-0.15, -0.1) is 0 Å². The Morgan fingerprint density at radius 1 is 1.21 bits per heavy atom. The molecule has 0 spiro atoms. The lowest BCUT2D eigenvalue weighted by atomic mass is 10.2. The van der Waals surface area contributed by atoms with Gasteiger partial charge in [-0.25, -0.2) is 8.42 Å². The van der Waals surface area contributed by atoms with Crippen LogP contribution in [0.25, 0.3) is 11.6 Å². The maximum Gasteiger partial charge on any atom is 0.278 e. The van der Waals surface area contributed by atoms with Crippen molar-refractivity contribution in [2.75, 3.05) is 0 Å². The van der Waals surface area contributed by atoms with E-state index in [0.717, 1.165) is 29.7 Å². The Balaban J connectivity index is 1.50. The fraction of sp³-hybridized carbons (Fsp3) is 0.421. The first kappa shape index (κ1) is 17.6. The van der Waals surface area contributed by atoms with Crippen LogP contribution >= 0.6 is 0 Å². The summed E-state index contributed by atoms with van der Waals surface area (Å²) in [5, 5.41) is 8.58. The maximum absolute atomic E-state index is 13.3. The van der Waals surface area contributed by atoms with Crippen molar-refractivity contribution in [3.8, 4) is 11.6 Å². The van der Waals surface area contributed by atoms with Gasteiger partial charge in [0.05, 0.1) is 17.1 Å². The SMILES string of the molecule is CCc1ccccc1S(=O)(=O)N1Cc2c(-c3nc(C4CC4)no3)nn(C)c2C1. The van der Waals surface area contributed by atoms with Crippen LogP contribution in [0.4, 0.5) is 0 Å². The number of aromatic nitrogens is 4. The van der Waals surface area contributed by atoms with Crippen LogP contribution in [0, 0.1) is 0 Å². The lowest BCUT2D eigenvalue weighted by Crippen LogP contribution is -2.27. The molecular formula is C19H21N5O3S. The number of hydrogen-bond acceptors (Lipinski definition) is 6. The Morgan fingerprint density at radius 3 is 2.75 bits per heavy atom. The molecule has 0 atom stereocenters. The van der Waals surface area contributed by atoms with E-state index in [1.165, 1.54) is 4.31 Å². The van der Waals surface area contributed by atoms with Crippen molar-refractivity contribution in [2.45, 2.75) is 50.1 Å². The van der Waals surface area contributed by atoms with Crippen molar-refractivity contribution in [2.24, 2.45) is 7.05 Å². The zero-order valence-electron chi connectivity index (χ0n) is 15.8. The van der Waals surface area contributed by atoms with E-state index in [2.05, 4.69) is 15.2 Å². The summed E-state index contributed by atoms with van der Waals surface area (Å²) in [6, 6.07) is 7.17. The van der Waals surface area contributed by atoms with Crippen LogP contribution in [0.5, 0.6) is 0 Å². The minimum Gasteiger partial charge on any atom is -0.332 e. The summed E-state index contributed by atoms with van der Waals surface area (Å²) in [4.78, 5) is 4.85. The molecule has 3 aromatic rings. The summed E-state index contributed by atoms with van der Waals surface area (Å²) >= 11 is 0. The highest BCUT2D eigenvalue weighted by Crippen LogP contribution is 2.40. The largest absolute Gasteiger partial charge is 0.332 e. The fourth-order valence-electron chi connectivity index (χ4n) is 3.73. The summed E-state index contributed by atoms with van der Waals surface area (Å²) < 4.78 is 35.2. The Morgan fingerprint density at radius 2 is 2.00 bits per heavy atom. The number of benzene rings is 1. The monoisotopic (exact) mass is 399 g/mol. The highest BCUT2D eigenvalue weighted by molar-refractivity contribution is 7.89. The molecule has 1 aromatic carbocycles. The number of rotatable bonds is 5. The lowest BCUT2D eigenvalue weighted by Gasteiger charge is -2.18. The second-order valence-electron chi connectivity index (χ2n) is 7.36. The number of hydrogen-bond donors (Lipinski definition) is 0. The summed E-state index contributed by atoms with van der Waals surface area (Å²) in [7, 11) is -1.79. The van der Waals surface area contributed by atoms with Crippen LogP contribution in [0.15, 0.2) is 33.7 Å². The smallest absolute Gasteiger partial charge is 0.278 e. The maximum atomic E-state index is 13.3. The predicted octanol–water partition coefficient (Wildman–Crippen LogP) is 2.61. The molecule has 0 unspecified atom stereocenters. The van der Waals surface area contributed by atoms with E-state index in [1.807, 2.05) is 26.1 Å². The fourth-order valence-corrected chi connectivity index (χ4v) is 5.40. The average molecular weight is 399 g/mol. The molecule has 2 aromatic heterocycles. The van der Waals surface area contributed by atoms with Crippen LogP contribution in [0.1, 0.15) is 48.3 Å². The highest BCUT2D eigenvalue weighted by atomic mass is 32.2. The lowest BCUT2D eigenvalue weighted by molar-refractivity contribution is 0.412. The van der Waals surface area contributed by atoms with Gasteiger partial charge in [0.15, 0.2) is 11.5 Å². The van der Waals surface area contributed by atoms with Crippen LogP contribution < -0.4 is 0 Å². The Hall–Kier alpha value is -2.52. The van der Waals surface area contributed by atoms with E-state index in [1.54, 1.807) is 16.8 Å². The first-order valence-electron chi connectivity index (χ1n) is 9.45. The summed E-state index contributed by atoms with van der Waals surface area (Å²) in [5.74, 6) is 1.47. The second-order valence-corrected chi connectivity index (χ2v) is 9.27. The van der Waals surface area contributed by atoms with E-state index in [9.17, 15) is 8.42 Å². The van der Waals surface area contributed by atoms with Gasteiger partial charge in [-0.3, -0.25) is 4.68 Å². The van der Waals surface area contributed by atoms with Crippen molar-refractivity contribution < 1.29 is 12.9 Å². The predicted molar refractivity (Wildman–Crippen MR) is 101 cm³/mol. The van der Waals surface area contributed by atoms with E-state index in [4.69, 9.17) is 4.52 Å². The van der Waals surface area contributed by atoms with Crippen molar-refractivity contribution in [1.29, 1.82) is 0 Å². The van der Waals surface area contributed by atoms with Crippen molar-refractivity contribution in [3.63, 3.8) is 0 Å². The molecule has 1 aliphatic carbocycles. The third-order valence-corrected chi connectivity index (χ3v) is 7.39. The molecule has 8 nitrogen and oxygen atoms in total. The third-order valence-electron chi connectivity index (χ3n) is 5.49. The van der Waals surface area contributed by atoms with Gasteiger partial charge in [-0.1, -0.05) is 30.3 Å². The molecular weight excluding hydrogens is 378 g/mol. The topological polar surface area (TPSA) is 94.1 Å². The molecule has 1 aliphatic heterocycles. The van der Waals surface area contributed by atoms with Crippen molar-refractivity contribution in [1.82, 2.24) is 24.2 Å². The summed E-state index contributed by atoms with van der Waals surface area (Å²) in [5.41, 5.74) is 3.10. The first-order valence-corrected chi connectivity index (χ1v) is 10.9. The summed E-state index contributed by atoms with van der Waals surface area (Å²) in [6.45, 7) is 2.49. The molecule has 2 aliphatic rings. The average Bonchev–Trinajstić information content (AvgIpc) is 3.14. The number of nitrogens with zero attached hydrogens (tertiary/aromatic N) is 5. The molecule has 0 saturated heterocycles. The molecule has 1 fully saturated rings. The Labute approximate surface area is 163 Å². The van der Waals surface area contributed by atoms with Gasteiger partial charge < -0.3 is 4.52 Å². The zero-order valence-corrected chi connectivity index (χ0v) is 16.6. The number of fused-ring (bicyclic) bond motifs is 1. The van der Waals surface area contributed by atoms with Crippen LogP contribution in [0.3, 0.4) is 0 Å². The van der Waals surface area contributed by atoms with Crippen molar-refractivity contribution >= 4 is 10.0 Å². The molecule has 0 bridgehead atoms. The van der Waals surface area contributed by atoms with Gasteiger partial charge in [0, 0.05) is 25.1 Å². The van der Waals surface area contributed by atoms with Crippen molar-refractivity contribution in [3.05, 3.63) is 46.9 Å². The third kappa shape index (κ3) is 2.68. The molecule has 28 heavy (non-hydrogen) atoms. The standard InChI is InChI=1S/C19H21N5O3S/c1-3-12-6-4-5-7-16(12)28(25,26)24-10-14-15(11-24)23(2)21-17(14)19-20-18(22-27-19)13-8-9-13/h4-7,13H,3,8-11H2,1-2H3. The van der Waals surface area contributed by atoms with Gasteiger partial charge >= 0.3 is 0 Å². The number of sulfonamides is 1.